The van der Waals surface area contributed by atoms with Gasteiger partial charge in [0.15, 0.2) is 0 Å². The molecule has 3 aromatic rings. The van der Waals surface area contributed by atoms with E-state index in [1.165, 1.54) is 16.0 Å². The Morgan fingerprint density at radius 3 is 2.65 bits per heavy atom. The van der Waals surface area contributed by atoms with Gasteiger partial charge in [0.05, 0.1) is 0 Å². The molecule has 0 unspecified atom stereocenters. The Hall–Kier alpha value is -1.65. The molecule has 2 aromatic heterocycles. The molecular weight excluding hydrogens is 290 g/mol. The van der Waals surface area contributed by atoms with Crippen molar-refractivity contribution in [2.24, 2.45) is 0 Å². The number of hydrogen-bond acceptors (Lipinski definition) is 4. The predicted octanol–water partition coefficient (Wildman–Crippen LogP) is 4.57. The third-order valence-corrected chi connectivity index (χ3v) is 4.27. The van der Waals surface area contributed by atoms with E-state index in [0.29, 0.717) is 17.6 Å². The Balaban J connectivity index is 1.82. The monoisotopic (exact) mass is 303 g/mol. The van der Waals surface area contributed by atoms with Crippen molar-refractivity contribution in [1.82, 2.24) is 9.97 Å². The minimum absolute atomic E-state index is 0.505. The third-order valence-electron chi connectivity index (χ3n) is 3.04. The highest BCUT2D eigenvalue weighted by atomic mass is 35.5. The van der Waals surface area contributed by atoms with Gasteiger partial charge in [-0.2, -0.15) is 0 Å². The Kier molecular flexibility index (Phi) is 3.59. The van der Waals surface area contributed by atoms with Crippen molar-refractivity contribution in [1.29, 1.82) is 0 Å². The summed E-state index contributed by atoms with van der Waals surface area (Å²) in [6.07, 6.45) is 0. The van der Waals surface area contributed by atoms with E-state index >= 15 is 0 Å². The van der Waals surface area contributed by atoms with Crippen LogP contribution in [0.2, 0.25) is 5.15 Å². The number of aryl methyl sites for hydroxylation is 2. The number of halogens is 1. The second kappa shape index (κ2) is 5.38. The first-order valence-electron chi connectivity index (χ1n) is 6.35. The molecule has 0 atom stereocenters. The number of nitrogens with one attached hydrogen (secondary N) is 1. The number of nitrogens with zero attached hydrogens (tertiary/aromatic N) is 2. The number of hydrogen-bond donors (Lipinski definition) is 1. The summed E-state index contributed by atoms with van der Waals surface area (Å²) >= 11 is 7.82. The maximum Gasteiger partial charge on any atom is 0.225 e. The summed E-state index contributed by atoms with van der Waals surface area (Å²) < 4.78 is 0. The van der Waals surface area contributed by atoms with Gasteiger partial charge in [0, 0.05) is 16.8 Å². The summed E-state index contributed by atoms with van der Waals surface area (Å²) in [7, 11) is 0. The number of benzene rings is 1. The fraction of sp³-hybridized carbons (Fsp3) is 0.200. The molecule has 0 bridgehead atoms. The quantitative estimate of drug-likeness (QED) is 0.720. The summed E-state index contributed by atoms with van der Waals surface area (Å²) in [6, 6.07) is 10.4. The first-order chi connectivity index (χ1) is 9.61. The normalized spacial score (nSPS) is 10.9. The van der Waals surface area contributed by atoms with Gasteiger partial charge in [-0.25, -0.2) is 9.97 Å². The predicted molar refractivity (Wildman–Crippen MR) is 85.7 cm³/mol. The smallest absolute Gasteiger partial charge is 0.225 e. The second-order valence-corrected chi connectivity index (χ2v) is 6.35. The fourth-order valence-electron chi connectivity index (χ4n) is 1.97. The van der Waals surface area contributed by atoms with Crippen molar-refractivity contribution in [2.45, 2.75) is 20.4 Å². The molecule has 1 N–H and O–H groups in total. The lowest BCUT2D eigenvalue weighted by Gasteiger charge is -2.06. The van der Waals surface area contributed by atoms with E-state index in [-0.39, 0.29) is 0 Å². The molecule has 0 fully saturated rings. The molecule has 20 heavy (non-hydrogen) atoms. The van der Waals surface area contributed by atoms with E-state index in [2.05, 4.69) is 46.5 Å². The molecule has 3 nitrogen and oxygen atoms in total. The van der Waals surface area contributed by atoms with Gasteiger partial charge in [0.1, 0.15) is 9.98 Å². The third kappa shape index (κ3) is 2.76. The van der Waals surface area contributed by atoms with Crippen molar-refractivity contribution in [3.8, 4) is 0 Å². The molecule has 0 aliphatic carbocycles. The van der Waals surface area contributed by atoms with Crippen molar-refractivity contribution in [2.75, 3.05) is 5.32 Å². The molecule has 0 amide bonds. The zero-order chi connectivity index (χ0) is 14.1. The molecule has 3 rings (SSSR count). The van der Waals surface area contributed by atoms with Crippen LogP contribution < -0.4 is 5.32 Å². The lowest BCUT2D eigenvalue weighted by atomic mass is 10.1. The first kappa shape index (κ1) is 13.3. The van der Waals surface area contributed by atoms with Gasteiger partial charge in [-0.3, -0.25) is 0 Å². The van der Waals surface area contributed by atoms with Crippen LogP contribution in [0, 0.1) is 13.8 Å². The number of anilines is 1. The average molecular weight is 304 g/mol. The van der Waals surface area contributed by atoms with Crippen LogP contribution in [-0.4, -0.2) is 9.97 Å². The molecule has 2 heterocycles. The summed E-state index contributed by atoms with van der Waals surface area (Å²) in [4.78, 5) is 10.9. The standard InChI is InChI=1S/C15H14ClN3S/c1-9-3-5-11(6-4-9)8-17-15-18-13(16)12-7-10(2)20-14(12)19-15/h3-7H,8H2,1-2H3,(H,17,18,19). The van der Waals surface area contributed by atoms with E-state index in [9.17, 15) is 0 Å². The molecule has 0 radical (unpaired) electrons. The topological polar surface area (TPSA) is 37.8 Å². The largest absolute Gasteiger partial charge is 0.350 e. The van der Waals surface area contributed by atoms with Crippen LogP contribution in [0.4, 0.5) is 5.95 Å². The SMILES string of the molecule is Cc1ccc(CNc2nc(Cl)c3cc(C)sc3n2)cc1. The Bertz CT molecular complexity index is 750. The van der Waals surface area contributed by atoms with Crippen LogP contribution in [0.25, 0.3) is 10.2 Å². The molecule has 0 saturated heterocycles. The zero-order valence-electron chi connectivity index (χ0n) is 11.3. The molecule has 0 aliphatic rings. The second-order valence-electron chi connectivity index (χ2n) is 4.75. The molecule has 0 saturated carbocycles. The zero-order valence-corrected chi connectivity index (χ0v) is 12.8. The van der Waals surface area contributed by atoms with Crippen LogP contribution in [0.1, 0.15) is 16.0 Å². The lowest BCUT2D eigenvalue weighted by Crippen LogP contribution is -2.03. The summed E-state index contributed by atoms with van der Waals surface area (Å²) in [5.74, 6) is 0.574. The highest BCUT2D eigenvalue weighted by Gasteiger charge is 2.08. The van der Waals surface area contributed by atoms with Crippen molar-refractivity contribution in [3.63, 3.8) is 0 Å². The molecule has 0 spiro atoms. The van der Waals surface area contributed by atoms with Gasteiger partial charge in [-0.05, 0) is 25.5 Å². The van der Waals surface area contributed by atoms with Gasteiger partial charge in [-0.15, -0.1) is 11.3 Å². The maximum atomic E-state index is 6.19. The molecule has 102 valence electrons. The van der Waals surface area contributed by atoms with Gasteiger partial charge >= 0.3 is 0 Å². The Labute approximate surface area is 126 Å². The van der Waals surface area contributed by atoms with Gasteiger partial charge in [-0.1, -0.05) is 41.4 Å². The van der Waals surface area contributed by atoms with E-state index in [4.69, 9.17) is 11.6 Å². The van der Waals surface area contributed by atoms with Crippen LogP contribution in [0.5, 0.6) is 0 Å². The maximum absolute atomic E-state index is 6.19. The minimum atomic E-state index is 0.505. The number of fused-ring (bicyclic) bond motifs is 1. The summed E-state index contributed by atoms with van der Waals surface area (Å²) in [5.41, 5.74) is 2.45. The lowest BCUT2D eigenvalue weighted by molar-refractivity contribution is 1.07. The number of thiophene rings is 1. The Morgan fingerprint density at radius 2 is 1.90 bits per heavy atom. The molecule has 5 heteroatoms. The molecular formula is C15H14ClN3S. The van der Waals surface area contributed by atoms with Gasteiger partial charge < -0.3 is 5.32 Å². The van der Waals surface area contributed by atoms with E-state index in [1.54, 1.807) is 11.3 Å². The first-order valence-corrected chi connectivity index (χ1v) is 7.54. The van der Waals surface area contributed by atoms with Crippen LogP contribution in [0.15, 0.2) is 30.3 Å². The highest BCUT2D eigenvalue weighted by molar-refractivity contribution is 7.18. The van der Waals surface area contributed by atoms with Crippen molar-refractivity contribution in [3.05, 3.63) is 51.5 Å². The summed E-state index contributed by atoms with van der Waals surface area (Å²) in [6.45, 7) is 4.81. The van der Waals surface area contributed by atoms with Crippen LogP contribution >= 0.6 is 22.9 Å². The Morgan fingerprint density at radius 1 is 1.15 bits per heavy atom. The van der Waals surface area contributed by atoms with E-state index in [0.717, 1.165) is 10.2 Å². The van der Waals surface area contributed by atoms with Crippen molar-refractivity contribution < 1.29 is 0 Å². The fourth-order valence-corrected chi connectivity index (χ4v) is 3.13. The minimum Gasteiger partial charge on any atom is -0.350 e. The van der Waals surface area contributed by atoms with Crippen LogP contribution in [0.3, 0.4) is 0 Å². The number of aromatic nitrogens is 2. The summed E-state index contributed by atoms with van der Waals surface area (Å²) in [5, 5.41) is 4.65. The number of rotatable bonds is 3. The van der Waals surface area contributed by atoms with Gasteiger partial charge in [0.2, 0.25) is 5.95 Å². The molecule has 0 aliphatic heterocycles. The van der Waals surface area contributed by atoms with Crippen LogP contribution in [-0.2, 0) is 6.54 Å². The van der Waals surface area contributed by atoms with Gasteiger partial charge in [0.25, 0.3) is 0 Å². The van der Waals surface area contributed by atoms with Crippen molar-refractivity contribution >= 4 is 39.1 Å². The highest BCUT2D eigenvalue weighted by Crippen LogP contribution is 2.29. The average Bonchev–Trinajstić information content (AvgIpc) is 2.79. The van der Waals surface area contributed by atoms with E-state index < -0.39 is 0 Å². The molecule has 1 aromatic carbocycles. The van der Waals surface area contributed by atoms with E-state index in [1.807, 2.05) is 13.0 Å².